The van der Waals surface area contributed by atoms with Gasteiger partial charge in [-0.3, -0.25) is 0 Å². The van der Waals surface area contributed by atoms with Gasteiger partial charge in [0, 0.05) is 16.6 Å². The maximum atomic E-state index is 11.1. The molecule has 0 bridgehead atoms. The van der Waals surface area contributed by atoms with E-state index in [1.807, 2.05) is 0 Å². The lowest BCUT2D eigenvalue weighted by molar-refractivity contribution is 0.0697. The molecule has 0 aliphatic heterocycles. The van der Waals surface area contributed by atoms with Crippen LogP contribution in [0.4, 0.5) is 0 Å². The number of aromatic carboxylic acids is 1. The average Bonchev–Trinajstić information content (AvgIpc) is 2.52. The van der Waals surface area contributed by atoms with Crippen LogP contribution in [0.5, 0.6) is 0 Å². The first kappa shape index (κ1) is 11.6. The second-order valence-electron chi connectivity index (χ2n) is 4.83. The van der Waals surface area contributed by atoms with E-state index in [0.717, 1.165) is 23.7 Å². The van der Waals surface area contributed by atoms with E-state index >= 15 is 0 Å². The summed E-state index contributed by atoms with van der Waals surface area (Å²) in [6.07, 6.45) is 5.74. The number of aromatic amines is 1. The number of hydrogen-bond donors (Lipinski definition) is 2. The topological polar surface area (TPSA) is 53.1 Å². The van der Waals surface area contributed by atoms with Gasteiger partial charge in [0.1, 0.15) is 0 Å². The van der Waals surface area contributed by atoms with Gasteiger partial charge < -0.3 is 10.1 Å². The number of aromatic nitrogens is 1. The van der Waals surface area contributed by atoms with Gasteiger partial charge in [-0.2, -0.15) is 0 Å². The van der Waals surface area contributed by atoms with Crippen LogP contribution in [0.3, 0.4) is 0 Å². The second-order valence-corrected chi connectivity index (χ2v) is 5.23. The first-order valence-corrected chi connectivity index (χ1v) is 6.61. The third-order valence-corrected chi connectivity index (χ3v) is 3.98. The van der Waals surface area contributed by atoms with Gasteiger partial charge in [-0.1, -0.05) is 18.0 Å². The molecule has 1 heterocycles. The lowest BCUT2D eigenvalue weighted by Crippen LogP contribution is -1.97. The molecule has 3 nitrogen and oxygen atoms in total. The van der Waals surface area contributed by atoms with Gasteiger partial charge in [0.25, 0.3) is 0 Å². The average molecular weight is 264 g/mol. The van der Waals surface area contributed by atoms with E-state index in [9.17, 15) is 4.79 Å². The molecule has 0 unspecified atom stereocenters. The Hall–Kier alpha value is -1.48. The molecule has 4 heteroatoms. The molecule has 1 aromatic heterocycles. The smallest absolute Gasteiger partial charge is 0.337 e. The third kappa shape index (κ3) is 1.79. The van der Waals surface area contributed by atoms with Gasteiger partial charge in [-0.05, 0) is 43.4 Å². The Morgan fingerprint density at radius 1 is 1.22 bits per heavy atom. The Morgan fingerprint density at radius 3 is 2.78 bits per heavy atom. The summed E-state index contributed by atoms with van der Waals surface area (Å²) in [4.78, 5) is 14.4. The number of benzene rings is 1. The number of rotatable bonds is 1. The number of hydrogen-bond acceptors (Lipinski definition) is 1. The number of halogens is 1. The number of carboxylic acids is 1. The number of aryl methyl sites for hydroxylation is 2. The van der Waals surface area contributed by atoms with Crippen molar-refractivity contribution >= 4 is 28.5 Å². The number of nitrogens with one attached hydrogen (secondary N) is 1. The predicted octanol–water partition coefficient (Wildman–Crippen LogP) is 3.79. The Labute approximate surface area is 110 Å². The van der Waals surface area contributed by atoms with E-state index in [2.05, 4.69) is 4.98 Å². The van der Waals surface area contributed by atoms with Crippen molar-refractivity contribution in [3.8, 4) is 0 Å². The van der Waals surface area contributed by atoms with E-state index in [4.69, 9.17) is 16.7 Å². The SMILES string of the molecule is O=C(O)c1cc2[nH]c3c(c2cc1Cl)CCCCC3. The minimum absolute atomic E-state index is 0.167. The van der Waals surface area contributed by atoms with E-state index in [-0.39, 0.29) is 5.56 Å². The molecule has 18 heavy (non-hydrogen) atoms. The van der Waals surface area contributed by atoms with Gasteiger partial charge in [0.2, 0.25) is 0 Å². The molecule has 2 aromatic rings. The van der Waals surface area contributed by atoms with Crippen molar-refractivity contribution in [3.63, 3.8) is 0 Å². The van der Waals surface area contributed by atoms with E-state index in [1.54, 1.807) is 12.1 Å². The molecule has 0 saturated heterocycles. The van der Waals surface area contributed by atoms with Crippen molar-refractivity contribution < 1.29 is 9.90 Å². The molecule has 0 amide bonds. The fourth-order valence-corrected chi connectivity index (χ4v) is 3.01. The van der Waals surface area contributed by atoms with Crippen LogP contribution in [0.15, 0.2) is 12.1 Å². The summed E-state index contributed by atoms with van der Waals surface area (Å²) in [6.45, 7) is 0. The van der Waals surface area contributed by atoms with Gasteiger partial charge in [0.05, 0.1) is 10.6 Å². The highest BCUT2D eigenvalue weighted by Gasteiger charge is 2.17. The minimum atomic E-state index is -0.980. The lowest BCUT2D eigenvalue weighted by atomic mass is 10.0. The van der Waals surface area contributed by atoms with Crippen LogP contribution in [0.2, 0.25) is 5.02 Å². The first-order chi connectivity index (χ1) is 8.66. The summed E-state index contributed by atoms with van der Waals surface area (Å²) in [5.41, 5.74) is 3.63. The highest BCUT2D eigenvalue weighted by atomic mass is 35.5. The fraction of sp³-hybridized carbons (Fsp3) is 0.357. The minimum Gasteiger partial charge on any atom is -0.478 e. The Kier molecular flexibility index (Phi) is 2.78. The Bertz CT molecular complexity index is 630. The number of H-pyrrole nitrogens is 1. The van der Waals surface area contributed by atoms with Gasteiger partial charge in [-0.25, -0.2) is 4.79 Å². The van der Waals surface area contributed by atoms with Crippen molar-refractivity contribution in [1.29, 1.82) is 0 Å². The molecule has 0 saturated carbocycles. The molecule has 0 spiro atoms. The fourth-order valence-electron chi connectivity index (χ4n) is 2.77. The number of carboxylic acid groups (broad SMARTS) is 1. The molecule has 3 rings (SSSR count). The highest BCUT2D eigenvalue weighted by Crippen LogP contribution is 2.32. The quantitative estimate of drug-likeness (QED) is 0.769. The van der Waals surface area contributed by atoms with Crippen LogP contribution in [-0.4, -0.2) is 16.1 Å². The maximum Gasteiger partial charge on any atom is 0.337 e. The molecular formula is C14H14ClNO2. The molecule has 2 N–H and O–H groups in total. The van der Waals surface area contributed by atoms with E-state index < -0.39 is 5.97 Å². The first-order valence-electron chi connectivity index (χ1n) is 6.23. The van der Waals surface area contributed by atoms with Crippen molar-refractivity contribution in [1.82, 2.24) is 4.98 Å². The summed E-state index contributed by atoms with van der Waals surface area (Å²) in [5.74, 6) is -0.980. The third-order valence-electron chi connectivity index (χ3n) is 3.67. The molecule has 1 aliphatic carbocycles. The molecule has 1 aromatic carbocycles. The maximum absolute atomic E-state index is 11.1. The molecule has 94 valence electrons. The monoisotopic (exact) mass is 263 g/mol. The van der Waals surface area contributed by atoms with Gasteiger partial charge in [-0.15, -0.1) is 0 Å². The van der Waals surface area contributed by atoms with Crippen molar-refractivity contribution in [2.75, 3.05) is 0 Å². The van der Waals surface area contributed by atoms with Crippen LogP contribution in [0, 0.1) is 0 Å². The summed E-state index contributed by atoms with van der Waals surface area (Å²) in [7, 11) is 0. The Balaban J connectivity index is 2.23. The molecule has 0 fully saturated rings. The van der Waals surface area contributed by atoms with Crippen LogP contribution in [0.1, 0.15) is 40.9 Å². The van der Waals surface area contributed by atoms with Crippen molar-refractivity contribution in [3.05, 3.63) is 34.0 Å². The zero-order chi connectivity index (χ0) is 12.7. The molecule has 1 aliphatic rings. The van der Waals surface area contributed by atoms with Gasteiger partial charge in [0.15, 0.2) is 0 Å². The summed E-state index contributed by atoms with van der Waals surface area (Å²) < 4.78 is 0. The predicted molar refractivity (Wildman–Crippen MR) is 71.5 cm³/mol. The van der Waals surface area contributed by atoms with Crippen molar-refractivity contribution in [2.45, 2.75) is 32.1 Å². The van der Waals surface area contributed by atoms with Crippen LogP contribution < -0.4 is 0 Å². The van der Waals surface area contributed by atoms with E-state index in [0.29, 0.717) is 5.02 Å². The Morgan fingerprint density at radius 2 is 2.00 bits per heavy atom. The highest BCUT2D eigenvalue weighted by molar-refractivity contribution is 6.34. The van der Waals surface area contributed by atoms with Crippen LogP contribution in [0.25, 0.3) is 10.9 Å². The molecular weight excluding hydrogens is 250 g/mol. The number of fused-ring (bicyclic) bond motifs is 3. The van der Waals surface area contributed by atoms with Crippen LogP contribution >= 0.6 is 11.6 Å². The van der Waals surface area contributed by atoms with Crippen molar-refractivity contribution in [2.24, 2.45) is 0 Å². The largest absolute Gasteiger partial charge is 0.478 e. The standard InChI is InChI=1S/C14H14ClNO2/c15-11-6-9-8-4-2-1-3-5-12(8)16-13(9)7-10(11)14(17)18/h6-7,16H,1-5H2,(H,17,18). The molecule has 0 atom stereocenters. The second kappa shape index (κ2) is 4.32. The van der Waals surface area contributed by atoms with Gasteiger partial charge >= 0.3 is 5.97 Å². The summed E-state index contributed by atoms with van der Waals surface area (Å²) in [5, 5.41) is 10.5. The number of carbonyl (C=O) groups is 1. The lowest BCUT2D eigenvalue weighted by Gasteiger charge is -2.01. The zero-order valence-electron chi connectivity index (χ0n) is 9.92. The normalized spacial score (nSPS) is 15.4. The van der Waals surface area contributed by atoms with E-state index in [1.165, 1.54) is 30.5 Å². The summed E-state index contributed by atoms with van der Waals surface area (Å²) in [6, 6.07) is 3.44. The zero-order valence-corrected chi connectivity index (χ0v) is 10.7. The van der Waals surface area contributed by atoms with Crippen LogP contribution in [-0.2, 0) is 12.8 Å². The molecule has 0 radical (unpaired) electrons. The summed E-state index contributed by atoms with van der Waals surface area (Å²) >= 11 is 6.04.